The van der Waals surface area contributed by atoms with Gasteiger partial charge in [0.15, 0.2) is 0 Å². The maximum absolute atomic E-state index is 6.09. The van der Waals surface area contributed by atoms with Gasteiger partial charge >= 0.3 is 0 Å². The van der Waals surface area contributed by atoms with Crippen LogP contribution in [0.2, 0.25) is 0 Å². The summed E-state index contributed by atoms with van der Waals surface area (Å²) in [6.07, 6.45) is 10.5. The van der Waals surface area contributed by atoms with Crippen LogP contribution in [-0.2, 0) is 4.74 Å². The third kappa shape index (κ3) is 4.95. The fraction of sp³-hybridized carbons (Fsp3) is 1.00. The Morgan fingerprint density at radius 3 is 3.00 bits per heavy atom. The van der Waals surface area contributed by atoms with Crippen LogP contribution < -0.4 is 5.32 Å². The van der Waals surface area contributed by atoms with E-state index in [0.29, 0.717) is 12.1 Å². The molecule has 0 radical (unpaired) electrons. The van der Waals surface area contributed by atoms with Crippen LogP contribution in [0.1, 0.15) is 65.2 Å². The van der Waals surface area contributed by atoms with Crippen molar-refractivity contribution in [1.29, 1.82) is 0 Å². The van der Waals surface area contributed by atoms with Crippen molar-refractivity contribution < 1.29 is 4.74 Å². The molecule has 1 spiro atoms. The van der Waals surface area contributed by atoms with E-state index in [-0.39, 0.29) is 5.60 Å². The lowest BCUT2D eigenvalue weighted by Crippen LogP contribution is -2.49. The maximum atomic E-state index is 6.09. The summed E-state index contributed by atoms with van der Waals surface area (Å²) < 4.78 is 6.09. The second kappa shape index (κ2) is 7.90. The van der Waals surface area contributed by atoms with E-state index in [9.17, 15) is 0 Å². The molecule has 0 aromatic heterocycles. The summed E-state index contributed by atoms with van der Waals surface area (Å²) in [5.41, 5.74) is 0.225. The molecule has 0 aromatic carbocycles. The van der Waals surface area contributed by atoms with Crippen LogP contribution in [0.25, 0.3) is 0 Å². The van der Waals surface area contributed by atoms with Crippen molar-refractivity contribution in [3.05, 3.63) is 0 Å². The molecular weight excluding hydrogens is 254 g/mol. The first-order chi connectivity index (χ1) is 9.24. The second-order valence-electron chi connectivity index (χ2n) is 6.44. The van der Waals surface area contributed by atoms with Crippen molar-refractivity contribution in [2.75, 3.05) is 18.1 Å². The van der Waals surface area contributed by atoms with Crippen molar-refractivity contribution in [1.82, 2.24) is 5.32 Å². The minimum Gasteiger partial charge on any atom is -0.374 e. The molecule has 19 heavy (non-hydrogen) atoms. The van der Waals surface area contributed by atoms with Gasteiger partial charge in [0.05, 0.1) is 5.60 Å². The van der Waals surface area contributed by atoms with Crippen molar-refractivity contribution in [2.45, 2.75) is 82.9 Å². The molecular formula is C16H31NOS. The van der Waals surface area contributed by atoms with Crippen LogP contribution in [0.4, 0.5) is 0 Å². The average Bonchev–Trinajstić information content (AvgIpc) is 2.83. The van der Waals surface area contributed by atoms with Gasteiger partial charge in [0.25, 0.3) is 0 Å². The summed E-state index contributed by atoms with van der Waals surface area (Å²) in [4.78, 5) is 0. The minimum atomic E-state index is 0.225. The highest BCUT2D eigenvalue weighted by Gasteiger charge is 2.40. The van der Waals surface area contributed by atoms with Gasteiger partial charge in [0.1, 0.15) is 0 Å². The van der Waals surface area contributed by atoms with Gasteiger partial charge in [-0.1, -0.05) is 32.6 Å². The normalized spacial score (nSPS) is 32.8. The molecule has 2 saturated heterocycles. The maximum Gasteiger partial charge on any atom is 0.0795 e. The highest BCUT2D eigenvalue weighted by atomic mass is 32.2. The second-order valence-corrected chi connectivity index (χ2v) is 7.55. The Morgan fingerprint density at radius 1 is 1.37 bits per heavy atom. The third-order valence-corrected chi connectivity index (χ3v) is 5.79. The Kier molecular flexibility index (Phi) is 6.51. The lowest BCUT2D eigenvalue weighted by atomic mass is 9.89. The molecule has 3 heteroatoms. The summed E-state index contributed by atoms with van der Waals surface area (Å²) in [7, 11) is 0. The van der Waals surface area contributed by atoms with E-state index in [1.54, 1.807) is 0 Å². The summed E-state index contributed by atoms with van der Waals surface area (Å²) in [5, 5.41) is 3.86. The van der Waals surface area contributed by atoms with Gasteiger partial charge in [-0.15, -0.1) is 0 Å². The number of unbranched alkanes of at least 4 members (excludes halogenated alkanes) is 3. The minimum absolute atomic E-state index is 0.225. The first-order valence-corrected chi connectivity index (χ1v) is 9.37. The topological polar surface area (TPSA) is 21.3 Å². The van der Waals surface area contributed by atoms with E-state index in [1.165, 1.54) is 62.9 Å². The van der Waals surface area contributed by atoms with Crippen molar-refractivity contribution in [2.24, 2.45) is 0 Å². The molecule has 2 rings (SSSR count). The average molecular weight is 285 g/mol. The molecule has 1 N–H and O–H groups in total. The molecule has 2 fully saturated rings. The summed E-state index contributed by atoms with van der Waals surface area (Å²) in [5.74, 6) is 2.51. The van der Waals surface area contributed by atoms with E-state index in [4.69, 9.17) is 4.74 Å². The molecule has 0 saturated carbocycles. The Bertz CT molecular complexity index is 253. The number of nitrogens with one attached hydrogen (secondary N) is 1. The predicted molar refractivity (Wildman–Crippen MR) is 85.0 cm³/mol. The van der Waals surface area contributed by atoms with Gasteiger partial charge < -0.3 is 10.1 Å². The van der Waals surface area contributed by atoms with Gasteiger partial charge in [-0.2, -0.15) is 11.8 Å². The number of hydrogen-bond acceptors (Lipinski definition) is 3. The van der Waals surface area contributed by atoms with Crippen LogP contribution in [0.15, 0.2) is 0 Å². The Labute approximate surface area is 123 Å². The number of rotatable bonds is 7. The smallest absolute Gasteiger partial charge is 0.0795 e. The zero-order valence-corrected chi connectivity index (χ0v) is 13.6. The lowest BCUT2D eigenvalue weighted by Gasteiger charge is -2.39. The van der Waals surface area contributed by atoms with Crippen molar-refractivity contribution >= 4 is 11.8 Å². The van der Waals surface area contributed by atoms with Gasteiger partial charge in [-0.05, 0) is 38.4 Å². The van der Waals surface area contributed by atoms with Gasteiger partial charge in [0.2, 0.25) is 0 Å². The van der Waals surface area contributed by atoms with Gasteiger partial charge in [-0.25, -0.2) is 0 Å². The summed E-state index contributed by atoms with van der Waals surface area (Å²) in [6, 6.07) is 1.36. The molecule has 0 aliphatic carbocycles. The quantitative estimate of drug-likeness (QED) is 0.715. The summed E-state index contributed by atoms with van der Waals surface area (Å²) in [6.45, 7) is 5.60. The van der Waals surface area contributed by atoms with E-state index in [0.717, 1.165) is 6.61 Å². The predicted octanol–water partition coefficient (Wildman–Crippen LogP) is 3.99. The Balaban J connectivity index is 1.67. The molecule has 2 aliphatic heterocycles. The van der Waals surface area contributed by atoms with Crippen LogP contribution in [-0.4, -0.2) is 35.8 Å². The van der Waals surface area contributed by atoms with Crippen molar-refractivity contribution in [3.63, 3.8) is 0 Å². The largest absolute Gasteiger partial charge is 0.374 e. The lowest BCUT2D eigenvalue weighted by molar-refractivity contribution is -0.0712. The molecule has 112 valence electrons. The van der Waals surface area contributed by atoms with Crippen LogP contribution >= 0.6 is 11.8 Å². The number of ether oxygens (including phenoxy) is 1. The molecule has 3 atom stereocenters. The molecule has 2 nitrogen and oxygen atoms in total. The monoisotopic (exact) mass is 285 g/mol. The first kappa shape index (κ1) is 15.7. The molecule has 0 amide bonds. The molecule has 2 heterocycles. The number of thioether (sulfide) groups is 1. The fourth-order valence-electron chi connectivity index (χ4n) is 3.40. The van der Waals surface area contributed by atoms with Gasteiger partial charge in [0, 0.05) is 24.4 Å². The van der Waals surface area contributed by atoms with Gasteiger partial charge in [-0.3, -0.25) is 0 Å². The Morgan fingerprint density at radius 2 is 2.26 bits per heavy atom. The zero-order valence-electron chi connectivity index (χ0n) is 12.7. The standard InChI is InChI=1S/C16H31NOS/c1-3-4-5-6-7-14(2)17-15-8-10-18-16(12-15)9-11-19-13-16/h14-15,17H,3-13H2,1-2H3. The highest BCUT2D eigenvalue weighted by Crippen LogP contribution is 2.38. The molecule has 2 aliphatic rings. The molecule has 0 aromatic rings. The highest BCUT2D eigenvalue weighted by molar-refractivity contribution is 7.99. The fourth-order valence-corrected chi connectivity index (χ4v) is 4.77. The van der Waals surface area contributed by atoms with Crippen LogP contribution in [0, 0.1) is 0 Å². The van der Waals surface area contributed by atoms with E-state index >= 15 is 0 Å². The SMILES string of the molecule is CCCCCCC(C)NC1CCOC2(CCSC2)C1. The molecule has 3 unspecified atom stereocenters. The Hall–Kier alpha value is 0.270. The van der Waals surface area contributed by atoms with Crippen LogP contribution in [0.5, 0.6) is 0 Å². The first-order valence-electron chi connectivity index (χ1n) is 8.22. The van der Waals surface area contributed by atoms with E-state index in [2.05, 4.69) is 30.9 Å². The van der Waals surface area contributed by atoms with E-state index < -0.39 is 0 Å². The van der Waals surface area contributed by atoms with E-state index in [1.807, 2.05) is 0 Å². The summed E-state index contributed by atoms with van der Waals surface area (Å²) >= 11 is 2.07. The third-order valence-electron chi connectivity index (χ3n) is 4.57. The molecule has 0 bridgehead atoms. The number of hydrogen-bond donors (Lipinski definition) is 1. The zero-order chi connectivity index (χ0) is 13.6. The van der Waals surface area contributed by atoms with Crippen molar-refractivity contribution in [3.8, 4) is 0 Å². The van der Waals surface area contributed by atoms with Crippen LogP contribution in [0.3, 0.4) is 0 Å².